The van der Waals surface area contributed by atoms with Gasteiger partial charge in [-0.2, -0.15) is 0 Å². The molecule has 3 heteroatoms. The van der Waals surface area contributed by atoms with Gasteiger partial charge in [0.15, 0.2) is 11.5 Å². The summed E-state index contributed by atoms with van der Waals surface area (Å²) >= 11 is 0. The SMILES string of the molecule is C=C(O)COc1ccccc1OC. The maximum absolute atomic E-state index is 8.82. The van der Waals surface area contributed by atoms with Gasteiger partial charge >= 0.3 is 0 Å². The molecule has 0 amide bonds. The Balaban J connectivity index is 2.69. The van der Waals surface area contributed by atoms with Crippen LogP contribution in [0, 0.1) is 0 Å². The fraction of sp³-hybridized carbons (Fsp3) is 0.200. The Kier molecular flexibility index (Phi) is 3.20. The summed E-state index contributed by atoms with van der Waals surface area (Å²) < 4.78 is 10.3. The molecule has 70 valence electrons. The molecule has 0 bridgehead atoms. The predicted molar refractivity (Wildman–Crippen MR) is 50.3 cm³/mol. The first-order valence-corrected chi connectivity index (χ1v) is 3.86. The first-order valence-electron chi connectivity index (χ1n) is 3.86. The molecule has 0 aromatic heterocycles. The standard InChI is InChI=1S/C10H12O3/c1-8(11)7-13-10-6-4-3-5-9(10)12-2/h3-6,11H,1,7H2,2H3. The first-order chi connectivity index (χ1) is 6.24. The summed E-state index contributed by atoms with van der Waals surface area (Å²) in [5.74, 6) is 1.23. The molecule has 0 aliphatic carbocycles. The molecule has 0 saturated heterocycles. The number of ether oxygens (including phenoxy) is 2. The molecule has 0 spiro atoms. The highest BCUT2D eigenvalue weighted by Gasteiger charge is 2.01. The molecule has 0 fully saturated rings. The van der Waals surface area contributed by atoms with Crippen molar-refractivity contribution >= 4 is 0 Å². The van der Waals surface area contributed by atoms with Crippen molar-refractivity contribution in [2.24, 2.45) is 0 Å². The predicted octanol–water partition coefficient (Wildman–Crippen LogP) is 2.15. The average Bonchev–Trinajstić information content (AvgIpc) is 2.15. The Morgan fingerprint density at radius 3 is 2.54 bits per heavy atom. The van der Waals surface area contributed by atoms with Crippen LogP contribution in [0.25, 0.3) is 0 Å². The van der Waals surface area contributed by atoms with Gasteiger partial charge < -0.3 is 14.6 Å². The zero-order valence-corrected chi connectivity index (χ0v) is 7.49. The van der Waals surface area contributed by atoms with Gasteiger partial charge in [-0.05, 0) is 12.1 Å². The van der Waals surface area contributed by atoms with Gasteiger partial charge in [0.25, 0.3) is 0 Å². The molecule has 1 aromatic rings. The van der Waals surface area contributed by atoms with E-state index in [-0.39, 0.29) is 12.4 Å². The number of hydrogen-bond donors (Lipinski definition) is 1. The number of aliphatic hydroxyl groups excluding tert-OH is 1. The zero-order chi connectivity index (χ0) is 9.68. The van der Waals surface area contributed by atoms with Crippen LogP contribution in [0.2, 0.25) is 0 Å². The topological polar surface area (TPSA) is 38.7 Å². The van der Waals surface area contributed by atoms with Crippen molar-refractivity contribution in [3.8, 4) is 11.5 Å². The number of methoxy groups -OCH3 is 1. The lowest BCUT2D eigenvalue weighted by molar-refractivity contribution is 0.261. The van der Waals surface area contributed by atoms with Crippen molar-refractivity contribution in [1.29, 1.82) is 0 Å². The fourth-order valence-electron chi connectivity index (χ4n) is 0.899. The second-order valence-corrected chi connectivity index (χ2v) is 2.51. The fourth-order valence-corrected chi connectivity index (χ4v) is 0.899. The molecule has 0 aliphatic rings. The Labute approximate surface area is 77.2 Å². The van der Waals surface area contributed by atoms with Crippen molar-refractivity contribution in [2.75, 3.05) is 13.7 Å². The molecule has 0 aliphatic heterocycles. The number of rotatable bonds is 4. The highest BCUT2D eigenvalue weighted by molar-refractivity contribution is 5.39. The van der Waals surface area contributed by atoms with Crippen LogP contribution < -0.4 is 9.47 Å². The lowest BCUT2D eigenvalue weighted by atomic mass is 10.3. The molecule has 0 saturated carbocycles. The largest absolute Gasteiger partial charge is 0.509 e. The number of aliphatic hydroxyl groups is 1. The van der Waals surface area contributed by atoms with Crippen molar-refractivity contribution in [2.45, 2.75) is 0 Å². The monoisotopic (exact) mass is 180 g/mol. The summed E-state index contributed by atoms with van der Waals surface area (Å²) in [6.07, 6.45) is 0. The van der Waals surface area contributed by atoms with Gasteiger partial charge in [-0.3, -0.25) is 0 Å². The van der Waals surface area contributed by atoms with E-state index in [1.54, 1.807) is 19.2 Å². The van der Waals surface area contributed by atoms with E-state index < -0.39 is 0 Å². The van der Waals surface area contributed by atoms with Gasteiger partial charge in [0.05, 0.1) is 7.11 Å². The van der Waals surface area contributed by atoms with E-state index in [4.69, 9.17) is 14.6 Å². The lowest BCUT2D eigenvalue weighted by Gasteiger charge is -2.08. The van der Waals surface area contributed by atoms with Gasteiger partial charge in [0, 0.05) is 0 Å². The molecule has 1 N–H and O–H groups in total. The molecule has 1 aromatic carbocycles. The van der Waals surface area contributed by atoms with Crippen molar-refractivity contribution in [1.82, 2.24) is 0 Å². The van der Waals surface area contributed by atoms with Gasteiger partial charge in [0.2, 0.25) is 0 Å². The van der Waals surface area contributed by atoms with Crippen molar-refractivity contribution in [3.63, 3.8) is 0 Å². The zero-order valence-electron chi connectivity index (χ0n) is 7.49. The van der Waals surface area contributed by atoms with Crippen LogP contribution in [0.15, 0.2) is 36.6 Å². The van der Waals surface area contributed by atoms with Crippen molar-refractivity contribution < 1.29 is 14.6 Å². The van der Waals surface area contributed by atoms with E-state index in [0.29, 0.717) is 11.5 Å². The van der Waals surface area contributed by atoms with E-state index in [1.165, 1.54) is 0 Å². The molecular formula is C10H12O3. The van der Waals surface area contributed by atoms with E-state index in [9.17, 15) is 0 Å². The Morgan fingerprint density at radius 2 is 2.00 bits per heavy atom. The highest BCUT2D eigenvalue weighted by Crippen LogP contribution is 2.25. The van der Waals surface area contributed by atoms with E-state index >= 15 is 0 Å². The minimum absolute atomic E-state index is 0.00842. The molecule has 1 rings (SSSR count). The minimum atomic E-state index is -0.00842. The van der Waals surface area contributed by atoms with Crippen LogP contribution in [-0.4, -0.2) is 18.8 Å². The smallest absolute Gasteiger partial charge is 0.161 e. The van der Waals surface area contributed by atoms with E-state index in [0.717, 1.165) is 0 Å². The van der Waals surface area contributed by atoms with Crippen LogP contribution in [0.1, 0.15) is 0 Å². The Hall–Kier alpha value is -1.64. The second kappa shape index (κ2) is 4.40. The Bertz CT molecular complexity index is 294. The summed E-state index contributed by atoms with van der Waals surface area (Å²) in [6, 6.07) is 7.23. The van der Waals surface area contributed by atoms with Crippen LogP contribution in [0.5, 0.6) is 11.5 Å². The summed E-state index contributed by atoms with van der Waals surface area (Å²) in [7, 11) is 1.57. The number of benzene rings is 1. The molecule has 0 heterocycles. The summed E-state index contributed by atoms with van der Waals surface area (Å²) in [6.45, 7) is 3.40. The number of hydrogen-bond acceptors (Lipinski definition) is 3. The third kappa shape index (κ3) is 2.71. The minimum Gasteiger partial charge on any atom is -0.509 e. The normalized spacial score (nSPS) is 9.31. The molecule has 13 heavy (non-hydrogen) atoms. The summed E-state index contributed by atoms with van der Waals surface area (Å²) in [5.41, 5.74) is 0. The molecule has 0 radical (unpaired) electrons. The van der Waals surface area contributed by atoms with Crippen LogP contribution in [0.4, 0.5) is 0 Å². The first kappa shape index (κ1) is 9.45. The quantitative estimate of drug-likeness (QED) is 0.721. The number of para-hydroxylation sites is 2. The van der Waals surface area contributed by atoms with Gasteiger partial charge in [-0.25, -0.2) is 0 Å². The maximum Gasteiger partial charge on any atom is 0.161 e. The van der Waals surface area contributed by atoms with Crippen LogP contribution in [-0.2, 0) is 0 Å². The molecule has 0 atom stereocenters. The molecule has 0 unspecified atom stereocenters. The van der Waals surface area contributed by atoms with E-state index in [2.05, 4.69) is 6.58 Å². The second-order valence-electron chi connectivity index (χ2n) is 2.51. The van der Waals surface area contributed by atoms with Crippen LogP contribution >= 0.6 is 0 Å². The van der Waals surface area contributed by atoms with Gasteiger partial charge in [-0.1, -0.05) is 18.7 Å². The molecular weight excluding hydrogens is 168 g/mol. The Morgan fingerprint density at radius 1 is 1.38 bits per heavy atom. The maximum atomic E-state index is 8.82. The molecule has 3 nitrogen and oxygen atoms in total. The summed E-state index contributed by atoms with van der Waals surface area (Å²) in [4.78, 5) is 0. The average molecular weight is 180 g/mol. The van der Waals surface area contributed by atoms with Gasteiger partial charge in [-0.15, -0.1) is 0 Å². The lowest BCUT2D eigenvalue weighted by Crippen LogP contribution is -2.00. The highest BCUT2D eigenvalue weighted by atomic mass is 16.5. The third-order valence-corrected chi connectivity index (χ3v) is 1.46. The van der Waals surface area contributed by atoms with Crippen molar-refractivity contribution in [3.05, 3.63) is 36.6 Å². The van der Waals surface area contributed by atoms with Crippen LogP contribution in [0.3, 0.4) is 0 Å². The van der Waals surface area contributed by atoms with E-state index in [1.807, 2.05) is 12.1 Å². The third-order valence-electron chi connectivity index (χ3n) is 1.46. The summed E-state index contributed by atoms with van der Waals surface area (Å²) in [5, 5.41) is 8.82. The van der Waals surface area contributed by atoms with Gasteiger partial charge in [0.1, 0.15) is 12.4 Å².